The third kappa shape index (κ3) is 10.6. The summed E-state index contributed by atoms with van der Waals surface area (Å²) >= 11 is 0. The van der Waals surface area contributed by atoms with Gasteiger partial charge in [0.25, 0.3) is 0 Å². The van der Waals surface area contributed by atoms with E-state index >= 15 is 0 Å². The monoisotopic (exact) mass is 420 g/mol. The van der Waals surface area contributed by atoms with Crippen molar-refractivity contribution in [3.8, 4) is 0 Å². The highest BCUT2D eigenvalue weighted by Gasteiger charge is 2.28. The fraction of sp³-hybridized carbons (Fsp3) is 0.600. The van der Waals surface area contributed by atoms with Crippen molar-refractivity contribution in [2.75, 3.05) is 6.54 Å². The first kappa shape index (κ1) is 25.7. The molecule has 4 atom stereocenters. The minimum absolute atomic E-state index is 0.423. The van der Waals surface area contributed by atoms with Crippen LogP contribution in [0.3, 0.4) is 0 Å². The van der Waals surface area contributed by atoms with Gasteiger partial charge in [0.05, 0.1) is 19.1 Å². The van der Waals surface area contributed by atoms with Gasteiger partial charge in [0.15, 0.2) is 0 Å². The van der Waals surface area contributed by atoms with Crippen LogP contribution >= 0.6 is 0 Å². The molecule has 0 spiro atoms. The van der Waals surface area contributed by atoms with Crippen molar-refractivity contribution in [3.63, 3.8) is 0 Å². The summed E-state index contributed by atoms with van der Waals surface area (Å²) in [5, 5.41) is 41.7. The molecule has 0 aromatic heterocycles. The fourth-order valence-corrected chi connectivity index (χ4v) is 1.93. The molecular weight excluding hydrogens is 396 g/mol. The first-order valence-electron chi connectivity index (χ1n) is 8.32. The minimum atomic E-state index is -1.80. The van der Waals surface area contributed by atoms with E-state index in [4.69, 9.17) is 21.1 Å². The molecule has 9 N–H and O–H groups in total. The zero-order valence-corrected chi connectivity index (χ0v) is 15.5. The Balaban J connectivity index is 5.02. The molecule has 3 amide bonds. The van der Waals surface area contributed by atoms with Crippen LogP contribution in [0.4, 0.5) is 0 Å². The topological polar surface area (TPSA) is 245 Å². The summed E-state index contributed by atoms with van der Waals surface area (Å²) in [4.78, 5) is 68.2. The number of carbonyl (C=O) groups excluding carboxylic acids is 3. The second kappa shape index (κ2) is 12.2. The second-order valence-electron chi connectivity index (χ2n) is 6.03. The van der Waals surface area contributed by atoms with Gasteiger partial charge >= 0.3 is 17.9 Å². The maximum Gasteiger partial charge on any atom is 0.326 e. The molecule has 0 bridgehead atoms. The normalized spacial score (nSPS) is 14.6. The van der Waals surface area contributed by atoms with E-state index in [0.29, 0.717) is 0 Å². The molecule has 0 fully saturated rings. The van der Waals surface area contributed by atoms with Crippen LogP contribution in [-0.2, 0) is 28.8 Å². The minimum Gasteiger partial charge on any atom is -0.481 e. The van der Waals surface area contributed by atoms with Crippen LogP contribution in [0.25, 0.3) is 0 Å². The molecule has 0 heterocycles. The lowest BCUT2D eigenvalue weighted by Gasteiger charge is -2.21. The van der Waals surface area contributed by atoms with Crippen molar-refractivity contribution < 1.29 is 49.2 Å². The summed E-state index contributed by atoms with van der Waals surface area (Å²) in [6.07, 6.45) is -3.11. The number of amides is 3. The predicted molar refractivity (Wildman–Crippen MR) is 93.3 cm³/mol. The third-order valence-corrected chi connectivity index (χ3v) is 3.54. The Morgan fingerprint density at radius 3 is 1.93 bits per heavy atom. The Morgan fingerprint density at radius 2 is 1.48 bits per heavy atom. The molecule has 0 aliphatic heterocycles. The number of aliphatic carboxylic acids is 3. The van der Waals surface area contributed by atoms with Gasteiger partial charge in [-0.3, -0.25) is 24.0 Å². The molecule has 0 aliphatic carbocycles. The fourth-order valence-electron chi connectivity index (χ4n) is 1.93. The van der Waals surface area contributed by atoms with Crippen LogP contribution in [0.15, 0.2) is 0 Å². The maximum atomic E-state index is 12.2. The summed E-state index contributed by atoms with van der Waals surface area (Å²) in [6, 6.07) is -4.61. The Kier molecular flexibility index (Phi) is 10.9. The average Bonchev–Trinajstić information content (AvgIpc) is 2.60. The summed E-state index contributed by atoms with van der Waals surface area (Å²) in [5.41, 5.74) is 5.37. The first-order valence-corrected chi connectivity index (χ1v) is 8.32. The van der Waals surface area contributed by atoms with Crippen molar-refractivity contribution >= 4 is 35.6 Å². The molecule has 0 aromatic carbocycles. The number of nitrogens with one attached hydrogen (secondary N) is 3. The van der Waals surface area contributed by atoms with Gasteiger partial charge in [-0.15, -0.1) is 0 Å². The highest BCUT2D eigenvalue weighted by Crippen LogP contribution is 2.01. The Morgan fingerprint density at radius 1 is 0.897 bits per heavy atom. The molecule has 0 radical (unpaired) electrons. The van der Waals surface area contributed by atoms with E-state index < -0.39 is 85.7 Å². The van der Waals surface area contributed by atoms with E-state index in [2.05, 4.69) is 10.6 Å². The van der Waals surface area contributed by atoms with E-state index in [1.54, 1.807) is 0 Å². The number of nitrogens with two attached hydrogens (primary N) is 1. The maximum absolute atomic E-state index is 12.2. The molecule has 14 nitrogen and oxygen atoms in total. The molecule has 0 unspecified atom stereocenters. The van der Waals surface area contributed by atoms with E-state index in [-0.39, 0.29) is 0 Å². The Hall–Kier alpha value is -3.26. The van der Waals surface area contributed by atoms with Gasteiger partial charge in [-0.05, 0) is 13.3 Å². The van der Waals surface area contributed by atoms with Gasteiger partial charge in [-0.2, -0.15) is 0 Å². The zero-order valence-electron chi connectivity index (χ0n) is 15.5. The van der Waals surface area contributed by atoms with Crippen molar-refractivity contribution in [2.45, 2.75) is 50.4 Å². The molecule has 0 rings (SSSR count). The van der Waals surface area contributed by atoms with Crippen LogP contribution < -0.4 is 21.7 Å². The van der Waals surface area contributed by atoms with Crippen LogP contribution in [0.1, 0.15) is 26.2 Å². The third-order valence-electron chi connectivity index (χ3n) is 3.54. The number of hydrogen-bond acceptors (Lipinski definition) is 8. The first-order chi connectivity index (χ1) is 13.3. The zero-order chi connectivity index (χ0) is 22.7. The van der Waals surface area contributed by atoms with E-state index in [0.717, 1.165) is 0 Å². The van der Waals surface area contributed by atoms with Crippen molar-refractivity contribution in [1.29, 1.82) is 0 Å². The largest absolute Gasteiger partial charge is 0.481 e. The molecule has 0 saturated heterocycles. The number of carboxylic acids is 3. The van der Waals surface area contributed by atoms with Gasteiger partial charge in [0, 0.05) is 6.42 Å². The Labute approximate surface area is 164 Å². The SMILES string of the molecule is C[C@@H](O)[C@H](N)C(=O)NCC(=O)N[C@@H](CCC(=O)O)C(=O)N[C@@H](CC(=O)O)C(=O)O. The molecule has 0 aliphatic rings. The van der Waals surface area contributed by atoms with Crippen molar-refractivity contribution in [2.24, 2.45) is 5.73 Å². The summed E-state index contributed by atoms with van der Waals surface area (Å²) in [7, 11) is 0. The van der Waals surface area contributed by atoms with Gasteiger partial charge < -0.3 is 42.1 Å². The molecule has 29 heavy (non-hydrogen) atoms. The van der Waals surface area contributed by atoms with Crippen LogP contribution in [0.5, 0.6) is 0 Å². The lowest BCUT2D eigenvalue weighted by Crippen LogP contribution is -2.54. The van der Waals surface area contributed by atoms with Gasteiger partial charge in [0.2, 0.25) is 17.7 Å². The molecule has 0 saturated carbocycles. The standard InChI is InChI=1S/C15H24N4O10/c1-6(20)12(16)14(27)17-5-9(21)18-7(2-3-10(22)23)13(26)19-8(15(28)29)4-11(24)25/h6-8,12,20H,2-5,16H2,1H3,(H,17,27)(H,18,21)(H,19,26)(H,22,23)(H,24,25)(H,28,29)/t6-,7+,8+,12+/m1/s1. The number of carboxylic acid groups (broad SMARTS) is 3. The van der Waals surface area contributed by atoms with E-state index in [9.17, 15) is 33.9 Å². The average molecular weight is 420 g/mol. The quantitative estimate of drug-likeness (QED) is 0.143. The smallest absolute Gasteiger partial charge is 0.326 e. The van der Waals surface area contributed by atoms with Gasteiger partial charge in [-0.1, -0.05) is 0 Å². The lowest BCUT2D eigenvalue weighted by molar-refractivity contribution is -0.147. The van der Waals surface area contributed by atoms with Crippen LogP contribution in [0, 0.1) is 0 Å². The second-order valence-corrected chi connectivity index (χ2v) is 6.03. The highest BCUT2D eigenvalue weighted by molar-refractivity contribution is 5.93. The molecule has 0 aromatic rings. The van der Waals surface area contributed by atoms with Gasteiger partial charge in [-0.25, -0.2) is 4.79 Å². The summed E-state index contributed by atoms with van der Waals surface area (Å²) < 4.78 is 0. The number of rotatable bonds is 13. The van der Waals surface area contributed by atoms with E-state index in [1.807, 2.05) is 5.32 Å². The summed E-state index contributed by atoms with van der Waals surface area (Å²) in [5.74, 6) is -7.32. The Bertz CT molecular complexity index is 651. The number of carbonyl (C=O) groups is 6. The van der Waals surface area contributed by atoms with Crippen molar-refractivity contribution in [1.82, 2.24) is 16.0 Å². The number of aliphatic hydroxyl groups is 1. The van der Waals surface area contributed by atoms with Crippen LogP contribution in [-0.4, -0.2) is 86.8 Å². The molecule has 164 valence electrons. The lowest BCUT2D eigenvalue weighted by atomic mass is 10.1. The number of hydrogen-bond donors (Lipinski definition) is 8. The molecule has 14 heteroatoms. The van der Waals surface area contributed by atoms with Crippen LogP contribution in [0.2, 0.25) is 0 Å². The van der Waals surface area contributed by atoms with E-state index in [1.165, 1.54) is 6.92 Å². The number of aliphatic hydroxyl groups excluding tert-OH is 1. The predicted octanol–water partition coefficient (Wildman–Crippen LogP) is -3.80. The highest BCUT2D eigenvalue weighted by atomic mass is 16.4. The van der Waals surface area contributed by atoms with Crippen molar-refractivity contribution in [3.05, 3.63) is 0 Å². The molecular formula is C15H24N4O10. The van der Waals surface area contributed by atoms with Gasteiger partial charge in [0.1, 0.15) is 18.1 Å². The summed E-state index contributed by atoms with van der Waals surface area (Å²) in [6.45, 7) is 0.597.